The van der Waals surface area contributed by atoms with Crippen LogP contribution in [0.5, 0.6) is 5.75 Å². The highest BCUT2D eigenvalue weighted by Gasteiger charge is 2.02. The Morgan fingerprint density at radius 2 is 1.95 bits per heavy atom. The molecule has 0 heterocycles. The zero-order chi connectivity index (χ0) is 15.2. The van der Waals surface area contributed by atoms with Crippen LogP contribution in [0.1, 0.15) is 11.1 Å². The number of carbonyl (C=O) groups is 1. The van der Waals surface area contributed by atoms with Gasteiger partial charge in [-0.25, -0.2) is 9.18 Å². The number of carboxylic acids is 1. The number of hydrogen-bond acceptors (Lipinski definition) is 2. The molecule has 5 heteroatoms. The fourth-order valence-electron chi connectivity index (χ4n) is 1.63. The Kier molecular flexibility index (Phi) is 4.95. The largest absolute Gasteiger partial charge is 0.489 e. The molecule has 1 N–H and O–H groups in total. The van der Waals surface area contributed by atoms with Crippen LogP contribution in [0, 0.1) is 5.82 Å². The standard InChI is InChI=1S/C16H12ClFO3/c17-14-7-6-13(9-15(14)18)21-10-12-3-1-11(2-4-12)5-8-16(19)20/h1-9H,10H2,(H,19,20)/b8-5+. The highest BCUT2D eigenvalue weighted by molar-refractivity contribution is 6.30. The molecule has 0 saturated carbocycles. The molecule has 2 aromatic rings. The lowest BCUT2D eigenvalue weighted by Gasteiger charge is -2.07. The fourth-order valence-corrected chi connectivity index (χ4v) is 1.74. The Bertz CT molecular complexity index is 666. The summed E-state index contributed by atoms with van der Waals surface area (Å²) < 4.78 is 18.7. The zero-order valence-corrected chi connectivity index (χ0v) is 11.7. The molecule has 0 aromatic heterocycles. The Hall–Kier alpha value is -2.33. The molecule has 3 nitrogen and oxygen atoms in total. The first-order valence-corrected chi connectivity index (χ1v) is 6.50. The highest BCUT2D eigenvalue weighted by Crippen LogP contribution is 2.21. The van der Waals surface area contributed by atoms with E-state index >= 15 is 0 Å². The smallest absolute Gasteiger partial charge is 0.328 e. The van der Waals surface area contributed by atoms with Gasteiger partial charge in [0.2, 0.25) is 0 Å². The van der Waals surface area contributed by atoms with Gasteiger partial charge < -0.3 is 9.84 Å². The van der Waals surface area contributed by atoms with Gasteiger partial charge in [-0.1, -0.05) is 35.9 Å². The van der Waals surface area contributed by atoms with Crippen molar-refractivity contribution >= 4 is 23.6 Å². The third-order valence-electron chi connectivity index (χ3n) is 2.69. The zero-order valence-electron chi connectivity index (χ0n) is 10.9. The van der Waals surface area contributed by atoms with Crippen LogP contribution >= 0.6 is 11.6 Å². The molecule has 0 unspecified atom stereocenters. The second-order valence-corrected chi connectivity index (χ2v) is 4.68. The molecule has 2 rings (SSSR count). The summed E-state index contributed by atoms with van der Waals surface area (Å²) in [5.41, 5.74) is 1.66. The average molecular weight is 307 g/mol. The second kappa shape index (κ2) is 6.90. The number of rotatable bonds is 5. The van der Waals surface area contributed by atoms with E-state index in [0.717, 1.165) is 17.2 Å². The van der Waals surface area contributed by atoms with E-state index in [4.69, 9.17) is 21.4 Å². The number of halogens is 2. The maximum atomic E-state index is 13.2. The van der Waals surface area contributed by atoms with E-state index in [1.807, 2.05) is 12.1 Å². The van der Waals surface area contributed by atoms with Gasteiger partial charge in [-0.3, -0.25) is 0 Å². The fraction of sp³-hybridized carbons (Fsp3) is 0.0625. The van der Waals surface area contributed by atoms with Crippen LogP contribution in [-0.4, -0.2) is 11.1 Å². The maximum Gasteiger partial charge on any atom is 0.328 e. The Labute approximate surface area is 126 Å². The molecule has 21 heavy (non-hydrogen) atoms. The highest BCUT2D eigenvalue weighted by atomic mass is 35.5. The minimum atomic E-state index is -0.993. The van der Waals surface area contributed by atoms with Crippen molar-refractivity contribution in [2.75, 3.05) is 0 Å². The van der Waals surface area contributed by atoms with Gasteiger partial charge in [0.05, 0.1) is 5.02 Å². The lowest BCUT2D eigenvalue weighted by molar-refractivity contribution is -0.131. The Morgan fingerprint density at radius 1 is 1.24 bits per heavy atom. The molecule has 108 valence electrons. The molecule has 0 aliphatic carbocycles. The molecule has 0 fully saturated rings. The van der Waals surface area contributed by atoms with E-state index < -0.39 is 11.8 Å². The van der Waals surface area contributed by atoms with Crippen molar-refractivity contribution in [1.82, 2.24) is 0 Å². The molecule has 0 aliphatic heterocycles. The summed E-state index contributed by atoms with van der Waals surface area (Å²) in [5, 5.41) is 8.59. The molecule has 0 saturated heterocycles. The molecule has 0 amide bonds. The number of carboxylic acid groups (broad SMARTS) is 1. The molecule has 2 aromatic carbocycles. The van der Waals surface area contributed by atoms with Gasteiger partial charge in [-0.15, -0.1) is 0 Å². The lowest BCUT2D eigenvalue weighted by Crippen LogP contribution is -1.96. The molecular formula is C16H12ClFO3. The molecular weight excluding hydrogens is 295 g/mol. The van der Waals surface area contributed by atoms with E-state index in [1.165, 1.54) is 18.2 Å². The van der Waals surface area contributed by atoms with Crippen LogP contribution in [0.3, 0.4) is 0 Å². The summed E-state index contributed by atoms with van der Waals surface area (Å²) in [5.74, 6) is -1.12. The number of benzene rings is 2. The van der Waals surface area contributed by atoms with Crippen molar-refractivity contribution in [1.29, 1.82) is 0 Å². The lowest BCUT2D eigenvalue weighted by atomic mass is 10.1. The van der Waals surface area contributed by atoms with Crippen molar-refractivity contribution in [3.63, 3.8) is 0 Å². The van der Waals surface area contributed by atoms with E-state index in [-0.39, 0.29) is 11.6 Å². The van der Waals surface area contributed by atoms with Gasteiger partial charge in [-0.05, 0) is 29.3 Å². The SMILES string of the molecule is O=C(O)/C=C/c1ccc(COc2ccc(Cl)c(F)c2)cc1. The number of hydrogen-bond donors (Lipinski definition) is 1. The van der Waals surface area contributed by atoms with Gasteiger partial charge in [0, 0.05) is 12.1 Å². The van der Waals surface area contributed by atoms with Gasteiger partial charge in [-0.2, -0.15) is 0 Å². The Balaban J connectivity index is 1.97. The molecule has 0 aliphatic rings. The van der Waals surface area contributed by atoms with Crippen molar-refractivity contribution in [2.24, 2.45) is 0 Å². The van der Waals surface area contributed by atoms with E-state index in [2.05, 4.69) is 0 Å². The third kappa shape index (κ3) is 4.61. The van der Waals surface area contributed by atoms with E-state index in [0.29, 0.717) is 5.75 Å². The first-order chi connectivity index (χ1) is 10.0. The van der Waals surface area contributed by atoms with Gasteiger partial charge in [0.1, 0.15) is 18.2 Å². The second-order valence-electron chi connectivity index (χ2n) is 4.28. The van der Waals surface area contributed by atoms with Crippen molar-refractivity contribution in [3.8, 4) is 5.75 Å². The summed E-state index contributed by atoms with van der Waals surface area (Å²) in [6.07, 6.45) is 2.57. The van der Waals surface area contributed by atoms with E-state index in [1.54, 1.807) is 18.2 Å². The predicted octanol–water partition coefficient (Wildman–Crippen LogP) is 4.16. The first-order valence-electron chi connectivity index (χ1n) is 6.12. The van der Waals surface area contributed by atoms with Gasteiger partial charge in [0.15, 0.2) is 0 Å². The van der Waals surface area contributed by atoms with Crippen LogP contribution in [0.15, 0.2) is 48.5 Å². The Morgan fingerprint density at radius 3 is 2.57 bits per heavy atom. The van der Waals surface area contributed by atoms with Crippen LogP contribution in [0.4, 0.5) is 4.39 Å². The van der Waals surface area contributed by atoms with Crippen LogP contribution in [-0.2, 0) is 11.4 Å². The first kappa shape index (κ1) is 15.1. The van der Waals surface area contributed by atoms with Crippen LogP contribution < -0.4 is 4.74 Å². The molecule has 0 bridgehead atoms. The molecule has 0 atom stereocenters. The van der Waals surface area contributed by atoms with Gasteiger partial charge in [0.25, 0.3) is 0 Å². The average Bonchev–Trinajstić information content (AvgIpc) is 2.47. The summed E-state index contributed by atoms with van der Waals surface area (Å²) in [6, 6.07) is 11.4. The summed E-state index contributed by atoms with van der Waals surface area (Å²) >= 11 is 5.59. The van der Waals surface area contributed by atoms with Crippen LogP contribution in [0.25, 0.3) is 6.08 Å². The maximum absolute atomic E-state index is 13.2. The minimum Gasteiger partial charge on any atom is -0.489 e. The third-order valence-corrected chi connectivity index (χ3v) is 3.00. The number of ether oxygens (including phenoxy) is 1. The number of aliphatic carboxylic acids is 1. The summed E-state index contributed by atoms with van der Waals surface area (Å²) in [6.45, 7) is 0.282. The van der Waals surface area contributed by atoms with Crippen molar-refractivity contribution in [2.45, 2.75) is 6.61 Å². The minimum absolute atomic E-state index is 0.0527. The normalized spacial score (nSPS) is 10.8. The van der Waals surface area contributed by atoms with E-state index in [9.17, 15) is 9.18 Å². The van der Waals surface area contributed by atoms with Crippen LogP contribution in [0.2, 0.25) is 5.02 Å². The molecule has 0 radical (unpaired) electrons. The topological polar surface area (TPSA) is 46.5 Å². The van der Waals surface area contributed by atoms with Gasteiger partial charge >= 0.3 is 5.97 Å². The quantitative estimate of drug-likeness (QED) is 0.844. The predicted molar refractivity (Wildman–Crippen MR) is 78.9 cm³/mol. The summed E-state index contributed by atoms with van der Waals surface area (Å²) in [4.78, 5) is 10.4. The molecule has 0 spiro atoms. The van der Waals surface area contributed by atoms with Crippen molar-refractivity contribution in [3.05, 3.63) is 70.5 Å². The van der Waals surface area contributed by atoms with Crippen molar-refractivity contribution < 1.29 is 19.0 Å². The monoisotopic (exact) mass is 306 g/mol. The summed E-state index contributed by atoms with van der Waals surface area (Å²) in [7, 11) is 0.